The highest BCUT2D eigenvalue weighted by atomic mass is 35.5. The zero-order valence-corrected chi connectivity index (χ0v) is 12.6. The molecule has 0 aliphatic carbocycles. The summed E-state index contributed by atoms with van der Waals surface area (Å²) in [5.74, 6) is 0.375. The van der Waals surface area contributed by atoms with Gasteiger partial charge in [0.15, 0.2) is 0 Å². The van der Waals surface area contributed by atoms with E-state index in [2.05, 4.69) is 0 Å². The van der Waals surface area contributed by atoms with Gasteiger partial charge in [-0.15, -0.1) is 11.6 Å². The molecular weight excluding hydrogens is 288 g/mol. The Bertz CT molecular complexity index is 596. The van der Waals surface area contributed by atoms with Crippen LogP contribution in [0.2, 0.25) is 0 Å². The van der Waals surface area contributed by atoms with Crippen LogP contribution >= 0.6 is 11.6 Å². The third kappa shape index (κ3) is 3.99. The van der Waals surface area contributed by atoms with Gasteiger partial charge in [0, 0.05) is 5.56 Å². The molecule has 0 saturated heterocycles. The zero-order valence-electron chi connectivity index (χ0n) is 11.8. The number of hydrogen-bond acceptors (Lipinski definition) is 3. The van der Waals surface area contributed by atoms with Crippen LogP contribution in [0.3, 0.4) is 0 Å². The Morgan fingerprint density at radius 1 is 1.10 bits per heavy atom. The molecule has 0 saturated carbocycles. The largest absolute Gasteiger partial charge is 0.488 e. The van der Waals surface area contributed by atoms with Gasteiger partial charge in [0.1, 0.15) is 17.9 Å². The maximum absolute atomic E-state index is 12.0. The normalized spacial score (nSPS) is 10.2. The minimum Gasteiger partial charge on any atom is -0.488 e. The quantitative estimate of drug-likeness (QED) is 0.593. The third-order valence-electron chi connectivity index (χ3n) is 2.96. The predicted octanol–water partition coefficient (Wildman–Crippen LogP) is 4.18. The Balaban J connectivity index is 2.25. The summed E-state index contributed by atoms with van der Waals surface area (Å²) >= 11 is 5.94. The topological polar surface area (TPSA) is 35.5 Å². The number of carbonyl (C=O) groups is 1. The molecule has 3 nitrogen and oxygen atoms in total. The maximum atomic E-state index is 12.0. The van der Waals surface area contributed by atoms with Gasteiger partial charge >= 0.3 is 5.97 Å². The van der Waals surface area contributed by atoms with E-state index in [9.17, 15) is 4.79 Å². The van der Waals surface area contributed by atoms with Crippen LogP contribution in [-0.2, 0) is 17.2 Å². The van der Waals surface area contributed by atoms with Gasteiger partial charge in [-0.1, -0.05) is 42.5 Å². The monoisotopic (exact) mass is 304 g/mol. The number of esters is 1. The highest BCUT2D eigenvalue weighted by Gasteiger charge is 2.17. The molecule has 0 radical (unpaired) electrons. The number of carbonyl (C=O) groups excluding carboxylic acids is 1. The first kappa shape index (κ1) is 15.4. The van der Waals surface area contributed by atoms with Gasteiger partial charge in [-0.2, -0.15) is 0 Å². The van der Waals surface area contributed by atoms with Crippen molar-refractivity contribution < 1.29 is 14.3 Å². The van der Waals surface area contributed by atoms with Gasteiger partial charge in [-0.25, -0.2) is 4.79 Å². The van der Waals surface area contributed by atoms with Crippen molar-refractivity contribution in [2.24, 2.45) is 0 Å². The molecule has 2 rings (SSSR count). The van der Waals surface area contributed by atoms with Crippen LogP contribution in [0, 0.1) is 0 Å². The lowest BCUT2D eigenvalue weighted by atomic mass is 10.1. The average molecular weight is 305 g/mol. The second-order valence-corrected chi connectivity index (χ2v) is 4.69. The number of hydrogen-bond donors (Lipinski definition) is 0. The molecule has 0 spiro atoms. The van der Waals surface area contributed by atoms with Gasteiger partial charge in [-0.3, -0.25) is 0 Å². The molecule has 4 heteroatoms. The lowest BCUT2D eigenvalue weighted by Gasteiger charge is -2.14. The average Bonchev–Trinajstić information content (AvgIpc) is 2.53. The number of alkyl halides is 1. The molecule has 0 unspecified atom stereocenters. The van der Waals surface area contributed by atoms with E-state index in [0.29, 0.717) is 24.5 Å². The lowest BCUT2D eigenvalue weighted by molar-refractivity contribution is 0.0521. The van der Waals surface area contributed by atoms with E-state index < -0.39 is 5.97 Å². The summed E-state index contributed by atoms with van der Waals surface area (Å²) in [4.78, 5) is 12.0. The molecule has 2 aromatic rings. The van der Waals surface area contributed by atoms with E-state index in [1.54, 1.807) is 19.1 Å². The van der Waals surface area contributed by atoms with Crippen LogP contribution in [0.4, 0.5) is 0 Å². The Morgan fingerprint density at radius 2 is 1.86 bits per heavy atom. The fourth-order valence-electron chi connectivity index (χ4n) is 1.96. The maximum Gasteiger partial charge on any atom is 0.341 e. The Morgan fingerprint density at radius 3 is 2.52 bits per heavy atom. The van der Waals surface area contributed by atoms with Gasteiger partial charge in [-0.05, 0) is 18.6 Å². The molecule has 0 bridgehead atoms. The number of benzene rings is 2. The van der Waals surface area contributed by atoms with Crippen LogP contribution < -0.4 is 4.74 Å². The molecule has 110 valence electrons. The molecule has 0 aliphatic rings. The first-order valence-electron chi connectivity index (χ1n) is 6.78. The standard InChI is InChI=1S/C17H17ClO3/c1-2-20-17(19)15-10-6-9-14(11-18)16(15)21-12-13-7-4-3-5-8-13/h3-10H,2,11-12H2,1H3. The molecular formula is C17H17ClO3. The summed E-state index contributed by atoms with van der Waals surface area (Å²) in [6.07, 6.45) is 0. The van der Waals surface area contributed by atoms with Gasteiger partial charge in [0.05, 0.1) is 12.5 Å². The highest BCUT2D eigenvalue weighted by molar-refractivity contribution is 6.17. The highest BCUT2D eigenvalue weighted by Crippen LogP contribution is 2.27. The second-order valence-electron chi connectivity index (χ2n) is 4.42. The van der Waals surface area contributed by atoms with Crippen LogP contribution in [-0.4, -0.2) is 12.6 Å². The second kappa shape index (κ2) is 7.70. The minimum atomic E-state index is -0.396. The molecule has 0 N–H and O–H groups in total. The number of ether oxygens (including phenoxy) is 2. The van der Waals surface area contributed by atoms with Gasteiger partial charge in [0.25, 0.3) is 0 Å². The van der Waals surface area contributed by atoms with Crippen molar-refractivity contribution in [1.82, 2.24) is 0 Å². The number of para-hydroxylation sites is 1. The molecule has 2 aromatic carbocycles. The molecule has 0 atom stereocenters. The van der Waals surface area contributed by atoms with E-state index in [0.717, 1.165) is 11.1 Å². The number of rotatable bonds is 6. The minimum absolute atomic E-state index is 0.275. The van der Waals surface area contributed by atoms with E-state index in [1.807, 2.05) is 36.4 Å². The summed E-state index contributed by atoms with van der Waals surface area (Å²) < 4.78 is 10.9. The van der Waals surface area contributed by atoms with Crippen molar-refractivity contribution in [3.63, 3.8) is 0 Å². The Kier molecular flexibility index (Phi) is 5.64. The summed E-state index contributed by atoms with van der Waals surface area (Å²) in [6.45, 7) is 2.47. The van der Waals surface area contributed by atoms with Gasteiger partial charge < -0.3 is 9.47 Å². The fraction of sp³-hybridized carbons (Fsp3) is 0.235. The van der Waals surface area contributed by atoms with Crippen molar-refractivity contribution in [2.75, 3.05) is 6.61 Å². The Labute approximate surface area is 129 Å². The van der Waals surface area contributed by atoms with Crippen molar-refractivity contribution in [3.8, 4) is 5.75 Å². The van der Waals surface area contributed by atoms with Crippen LogP contribution in [0.25, 0.3) is 0 Å². The number of halogens is 1. The van der Waals surface area contributed by atoms with E-state index in [-0.39, 0.29) is 5.88 Å². The smallest absolute Gasteiger partial charge is 0.341 e. The summed E-state index contributed by atoms with van der Waals surface area (Å²) in [5, 5.41) is 0. The van der Waals surface area contributed by atoms with Crippen molar-refractivity contribution >= 4 is 17.6 Å². The van der Waals surface area contributed by atoms with Crippen LogP contribution in [0.5, 0.6) is 5.75 Å². The third-order valence-corrected chi connectivity index (χ3v) is 3.25. The van der Waals surface area contributed by atoms with Crippen molar-refractivity contribution in [3.05, 3.63) is 65.2 Å². The van der Waals surface area contributed by atoms with E-state index in [1.165, 1.54) is 0 Å². The molecule has 0 amide bonds. The van der Waals surface area contributed by atoms with E-state index in [4.69, 9.17) is 21.1 Å². The van der Waals surface area contributed by atoms with Gasteiger partial charge in [0.2, 0.25) is 0 Å². The summed E-state index contributed by atoms with van der Waals surface area (Å²) in [6, 6.07) is 15.1. The lowest BCUT2D eigenvalue weighted by Crippen LogP contribution is -2.09. The first-order chi connectivity index (χ1) is 10.3. The Hall–Kier alpha value is -2.00. The first-order valence-corrected chi connectivity index (χ1v) is 7.31. The fourth-order valence-corrected chi connectivity index (χ4v) is 2.17. The molecule has 21 heavy (non-hydrogen) atoms. The summed E-state index contributed by atoms with van der Waals surface area (Å²) in [5.41, 5.74) is 2.21. The van der Waals surface area contributed by atoms with Crippen LogP contribution in [0.1, 0.15) is 28.4 Å². The molecule has 0 heterocycles. The predicted molar refractivity (Wildman–Crippen MR) is 82.7 cm³/mol. The van der Waals surface area contributed by atoms with Crippen molar-refractivity contribution in [1.29, 1.82) is 0 Å². The molecule has 0 fully saturated rings. The summed E-state index contributed by atoms with van der Waals surface area (Å²) in [7, 11) is 0. The molecule has 0 aromatic heterocycles. The van der Waals surface area contributed by atoms with Crippen molar-refractivity contribution in [2.45, 2.75) is 19.4 Å². The van der Waals surface area contributed by atoms with E-state index >= 15 is 0 Å². The zero-order chi connectivity index (χ0) is 15.1. The van der Waals surface area contributed by atoms with Crippen LogP contribution in [0.15, 0.2) is 48.5 Å². The SMILES string of the molecule is CCOC(=O)c1cccc(CCl)c1OCc1ccccc1. The molecule has 0 aliphatic heterocycles.